The average Bonchev–Trinajstić information content (AvgIpc) is 2.65. The number of fused-ring (bicyclic) bond motifs is 3. The second-order valence-corrected chi connectivity index (χ2v) is 9.04. The van der Waals surface area contributed by atoms with Gasteiger partial charge in [0.25, 0.3) is 0 Å². The molecule has 1 aromatic rings. The average molecular weight is 373 g/mol. The quantitative estimate of drug-likeness (QED) is 0.734. The van der Waals surface area contributed by atoms with Crippen molar-refractivity contribution in [1.82, 2.24) is 9.97 Å². The SMILES string of the molecule is C=C1CCC2[C@]3(C)CO[C@@H](C)O[C@@H]3CC[C@@]2(C)[C@@H]1CCOc1ccncn1. The van der Waals surface area contributed by atoms with Crippen LogP contribution in [0, 0.1) is 22.7 Å². The fourth-order valence-corrected chi connectivity index (χ4v) is 6.13. The van der Waals surface area contributed by atoms with Crippen molar-refractivity contribution in [2.24, 2.45) is 22.7 Å². The molecule has 1 unspecified atom stereocenters. The Bertz CT molecular complexity index is 681. The molecular formula is C22H32N2O3. The molecule has 2 saturated carbocycles. The van der Waals surface area contributed by atoms with Gasteiger partial charge in [0.05, 0.1) is 19.3 Å². The van der Waals surface area contributed by atoms with E-state index in [4.69, 9.17) is 14.2 Å². The lowest BCUT2D eigenvalue weighted by Gasteiger charge is -2.62. The first-order chi connectivity index (χ1) is 12.9. The molecule has 2 aliphatic carbocycles. The first-order valence-electron chi connectivity index (χ1n) is 10.3. The third kappa shape index (κ3) is 3.29. The van der Waals surface area contributed by atoms with Crippen molar-refractivity contribution in [2.45, 2.75) is 65.3 Å². The molecule has 1 aromatic heterocycles. The first-order valence-corrected chi connectivity index (χ1v) is 10.3. The van der Waals surface area contributed by atoms with Gasteiger partial charge in [-0.2, -0.15) is 0 Å². The van der Waals surface area contributed by atoms with E-state index in [1.54, 1.807) is 6.20 Å². The highest BCUT2D eigenvalue weighted by Gasteiger charge is 2.59. The van der Waals surface area contributed by atoms with E-state index in [9.17, 15) is 0 Å². The monoisotopic (exact) mass is 372 g/mol. The van der Waals surface area contributed by atoms with Gasteiger partial charge < -0.3 is 14.2 Å². The fraction of sp³-hybridized carbons (Fsp3) is 0.727. The minimum absolute atomic E-state index is 0.0805. The first kappa shape index (κ1) is 18.9. The summed E-state index contributed by atoms with van der Waals surface area (Å²) in [6, 6.07) is 1.81. The van der Waals surface area contributed by atoms with E-state index in [2.05, 4.69) is 30.4 Å². The molecule has 0 aromatic carbocycles. The molecule has 0 N–H and O–H groups in total. The van der Waals surface area contributed by atoms with Crippen molar-refractivity contribution in [3.05, 3.63) is 30.7 Å². The lowest BCUT2D eigenvalue weighted by molar-refractivity contribution is -0.297. The normalized spacial score (nSPS) is 41.5. The predicted octanol–water partition coefficient (Wildman–Crippen LogP) is 4.40. The maximum absolute atomic E-state index is 6.20. The smallest absolute Gasteiger partial charge is 0.216 e. The summed E-state index contributed by atoms with van der Waals surface area (Å²) in [7, 11) is 0. The van der Waals surface area contributed by atoms with Gasteiger partial charge in [-0.1, -0.05) is 26.0 Å². The molecule has 4 rings (SSSR count). The van der Waals surface area contributed by atoms with Crippen molar-refractivity contribution in [1.29, 1.82) is 0 Å². The summed E-state index contributed by atoms with van der Waals surface area (Å²) in [6.07, 6.45) is 9.02. The van der Waals surface area contributed by atoms with Gasteiger partial charge in [-0.15, -0.1) is 0 Å². The zero-order valence-corrected chi connectivity index (χ0v) is 16.8. The molecule has 27 heavy (non-hydrogen) atoms. The summed E-state index contributed by atoms with van der Waals surface area (Å²) < 4.78 is 18.1. The van der Waals surface area contributed by atoms with E-state index in [1.807, 2.05) is 13.0 Å². The molecule has 3 aliphatic rings. The number of aromatic nitrogens is 2. The number of rotatable bonds is 4. The molecule has 1 saturated heterocycles. The minimum atomic E-state index is -0.0805. The molecule has 0 bridgehead atoms. The summed E-state index contributed by atoms with van der Waals surface area (Å²) in [5, 5.41) is 0. The van der Waals surface area contributed by atoms with Crippen LogP contribution in [0.2, 0.25) is 0 Å². The highest BCUT2D eigenvalue weighted by molar-refractivity contribution is 5.18. The second kappa shape index (κ2) is 7.17. The molecule has 0 spiro atoms. The van der Waals surface area contributed by atoms with Gasteiger partial charge in [0.2, 0.25) is 5.88 Å². The summed E-state index contributed by atoms with van der Waals surface area (Å²) in [6.45, 7) is 12.8. The van der Waals surface area contributed by atoms with Crippen molar-refractivity contribution >= 4 is 0 Å². The number of hydrogen-bond acceptors (Lipinski definition) is 5. The van der Waals surface area contributed by atoms with Gasteiger partial charge >= 0.3 is 0 Å². The molecule has 5 nitrogen and oxygen atoms in total. The zero-order valence-electron chi connectivity index (χ0n) is 16.8. The molecule has 5 heteroatoms. The molecule has 0 radical (unpaired) electrons. The van der Waals surface area contributed by atoms with Gasteiger partial charge in [-0.3, -0.25) is 0 Å². The standard InChI is InChI=1S/C22H32N2O3/c1-15-5-6-18-21(3,10-7-19-22(18,4)13-26-16(2)27-19)17(15)9-12-25-20-8-11-23-14-24-20/h8,11,14,16-19H,1,5-7,9-10,12-13H2,2-4H3/t16-,17-,18?,19-,21+,22+/m1/s1. The Kier molecular flexibility index (Phi) is 5.02. The summed E-state index contributed by atoms with van der Waals surface area (Å²) in [5.74, 6) is 1.70. The van der Waals surface area contributed by atoms with Crippen molar-refractivity contribution in [3.8, 4) is 5.88 Å². The Morgan fingerprint density at radius 2 is 2.15 bits per heavy atom. The van der Waals surface area contributed by atoms with Crippen molar-refractivity contribution in [3.63, 3.8) is 0 Å². The predicted molar refractivity (Wildman–Crippen MR) is 103 cm³/mol. The van der Waals surface area contributed by atoms with Crippen LogP contribution in [0.5, 0.6) is 5.88 Å². The zero-order chi connectivity index (χ0) is 19.1. The van der Waals surface area contributed by atoms with Crippen LogP contribution in [0.4, 0.5) is 0 Å². The van der Waals surface area contributed by atoms with E-state index < -0.39 is 0 Å². The van der Waals surface area contributed by atoms with Crippen LogP contribution < -0.4 is 4.74 Å². The number of ether oxygens (including phenoxy) is 3. The molecule has 148 valence electrons. The number of nitrogens with zero attached hydrogens (tertiary/aromatic N) is 2. The maximum Gasteiger partial charge on any atom is 0.216 e. The summed E-state index contributed by atoms with van der Waals surface area (Å²) in [4.78, 5) is 8.11. The van der Waals surface area contributed by atoms with Gasteiger partial charge in [0.15, 0.2) is 6.29 Å². The number of hydrogen-bond donors (Lipinski definition) is 0. The molecule has 1 aliphatic heterocycles. The van der Waals surface area contributed by atoms with Crippen LogP contribution >= 0.6 is 0 Å². The van der Waals surface area contributed by atoms with E-state index >= 15 is 0 Å². The Morgan fingerprint density at radius 3 is 2.93 bits per heavy atom. The summed E-state index contributed by atoms with van der Waals surface area (Å²) >= 11 is 0. The number of allylic oxidation sites excluding steroid dienone is 1. The third-order valence-corrected chi connectivity index (χ3v) is 7.51. The van der Waals surface area contributed by atoms with Crippen LogP contribution in [0.15, 0.2) is 30.7 Å². The van der Waals surface area contributed by atoms with Crippen LogP contribution in [-0.2, 0) is 9.47 Å². The largest absolute Gasteiger partial charge is 0.478 e. The molecular weight excluding hydrogens is 340 g/mol. The van der Waals surface area contributed by atoms with E-state index in [-0.39, 0.29) is 17.1 Å². The van der Waals surface area contributed by atoms with Crippen LogP contribution in [-0.4, -0.2) is 35.6 Å². The minimum Gasteiger partial charge on any atom is -0.478 e. The molecule has 0 amide bonds. The van der Waals surface area contributed by atoms with Gasteiger partial charge in [0, 0.05) is 17.7 Å². The second-order valence-electron chi connectivity index (χ2n) is 9.04. The molecule has 6 atom stereocenters. The van der Waals surface area contributed by atoms with Crippen LogP contribution in [0.25, 0.3) is 0 Å². The fourth-order valence-electron chi connectivity index (χ4n) is 6.13. The van der Waals surface area contributed by atoms with E-state index in [1.165, 1.54) is 24.7 Å². The third-order valence-electron chi connectivity index (χ3n) is 7.51. The highest BCUT2D eigenvalue weighted by Crippen LogP contribution is 2.63. The Morgan fingerprint density at radius 1 is 1.30 bits per heavy atom. The Labute approximate surface area is 162 Å². The maximum atomic E-state index is 6.20. The van der Waals surface area contributed by atoms with Crippen LogP contribution in [0.3, 0.4) is 0 Å². The lowest BCUT2D eigenvalue weighted by Crippen LogP contribution is -2.61. The topological polar surface area (TPSA) is 53.5 Å². The Balaban J connectivity index is 1.50. The van der Waals surface area contributed by atoms with Crippen molar-refractivity contribution in [2.75, 3.05) is 13.2 Å². The van der Waals surface area contributed by atoms with Gasteiger partial charge in [0.1, 0.15) is 6.33 Å². The lowest BCUT2D eigenvalue weighted by atomic mass is 9.46. The van der Waals surface area contributed by atoms with E-state index in [0.29, 0.717) is 30.4 Å². The highest BCUT2D eigenvalue weighted by atomic mass is 16.7. The van der Waals surface area contributed by atoms with Crippen molar-refractivity contribution < 1.29 is 14.2 Å². The summed E-state index contributed by atoms with van der Waals surface area (Å²) in [5.41, 5.74) is 1.70. The molecule has 2 heterocycles. The Hall–Kier alpha value is -1.46. The van der Waals surface area contributed by atoms with E-state index in [0.717, 1.165) is 25.9 Å². The molecule has 3 fully saturated rings. The van der Waals surface area contributed by atoms with Gasteiger partial charge in [-0.25, -0.2) is 9.97 Å². The van der Waals surface area contributed by atoms with Crippen LogP contribution in [0.1, 0.15) is 52.9 Å². The van der Waals surface area contributed by atoms with Gasteiger partial charge in [-0.05, 0) is 56.3 Å².